The molecule has 0 radical (unpaired) electrons. The molecule has 2 amide bonds. The Balaban J connectivity index is 1.51. The predicted octanol–water partition coefficient (Wildman–Crippen LogP) is 2.94. The number of rotatable bonds is 8. The Morgan fingerprint density at radius 3 is 2.66 bits per heavy atom. The van der Waals surface area contributed by atoms with Gasteiger partial charge in [-0.2, -0.15) is 4.98 Å². The van der Waals surface area contributed by atoms with Crippen LogP contribution in [0.5, 0.6) is 5.75 Å². The molecule has 29 heavy (non-hydrogen) atoms. The number of ether oxygens (including phenoxy) is 1. The summed E-state index contributed by atoms with van der Waals surface area (Å²) in [7, 11) is 1.59. The summed E-state index contributed by atoms with van der Waals surface area (Å²) in [6.45, 7) is 0. The zero-order valence-electron chi connectivity index (χ0n) is 15.6. The molecule has 0 unspecified atom stereocenters. The lowest BCUT2D eigenvalue weighted by Gasteiger charge is -2.06. The zero-order chi connectivity index (χ0) is 20.8. The van der Waals surface area contributed by atoms with E-state index in [4.69, 9.17) is 15.0 Å². The van der Waals surface area contributed by atoms with E-state index in [-0.39, 0.29) is 17.9 Å². The molecule has 3 rings (SSSR count). The van der Waals surface area contributed by atoms with Crippen LogP contribution in [-0.4, -0.2) is 29.1 Å². The maximum Gasteiger partial charge on any atom is 0.251 e. The van der Waals surface area contributed by atoms with E-state index in [0.717, 1.165) is 17.4 Å². The Labute approximate surface area is 165 Å². The van der Waals surface area contributed by atoms with Gasteiger partial charge in [0.2, 0.25) is 17.6 Å². The van der Waals surface area contributed by atoms with Crippen LogP contribution < -0.4 is 15.8 Å². The van der Waals surface area contributed by atoms with Crippen LogP contribution >= 0.6 is 0 Å². The number of nitrogens with one attached hydrogen (secondary N) is 1. The van der Waals surface area contributed by atoms with Gasteiger partial charge in [0.1, 0.15) is 11.6 Å². The van der Waals surface area contributed by atoms with E-state index in [0.29, 0.717) is 30.2 Å². The predicted molar refractivity (Wildman–Crippen MR) is 103 cm³/mol. The number of primary amides is 1. The normalized spacial score (nSPS) is 10.6. The van der Waals surface area contributed by atoms with Crippen molar-refractivity contribution in [1.29, 1.82) is 0 Å². The average molecular weight is 398 g/mol. The summed E-state index contributed by atoms with van der Waals surface area (Å²) >= 11 is 0. The van der Waals surface area contributed by atoms with Crippen LogP contribution in [0.1, 0.15) is 29.1 Å². The summed E-state index contributed by atoms with van der Waals surface area (Å²) in [4.78, 5) is 27.5. The summed E-state index contributed by atoms with van der Waals surface area (Å²) in [6.07, 6.45) is 1.08. The molecule has 0 aliphatic rings. The van der Waals surface area contributed by atoms with Crippen molar-refractivity contribution < 1.29 is 23.2 Å². The topological polar surface area (TPSA) is 120 Å². The van der Waals surface area contributed by atoms with Crippen molar-refractivity contribution in [2.24, 2.45) is 5.73 Å². The molecule has 8 nitrogen and oxygen atoms in total. The van der Waals surface area contributed by atoms with Crippen LogP contribution in [0.15, 0.2) is 47.0 Å². The molecule has 150 valence electrons. The van der Waals surface area contributed by atoms with Crippen molar-refractivity contribution in [2.45, 2.75) is 19.3 Å². The molecule has 0 atom stereocenters. The Morgan fingerprint density at radius 2 is 1.97 bits per heavy atom. The van der Waals surface area contributed by atoms with Gasteiger partial charge < -0.3 is 20.3 Å². The van der Waals surface area contributed by atoms with Crippen molar-refractivity contribution in [3.63, 3.8) is 0 Å². The minimum absolute atomic E-state index is 0.184. The molecule has 0 saturated carbocycles. The molecule has 0 saturated heterocycles. The second-order valence-corrected chi connectivity index (χ2v) is 6.20. The Morgan fingerprint density at radius 1 is 1.21 bits per heavy atom. The first-order valence-corrected chi connectivity index (χ1v) is 8.82. The number of methoxy groups -OCH3 is 1. The lowest BCUT2D eigenvalue weighted by molar-refractivity contribution is -0.116. The Bertz CT molecular complexity index is 1020. The third kappa shape index (κ3) is 5.16. The number of nitrogens with two attached hydrogens (primary N) is 1. The van der Waals surface area contributed by atoms with Gasteiger partial charge in [-0.25, -0.2) is 4.39 Å². The van der Waals surface area contributed by atoms with Gasteiger partial charge >= 0.3 is 0 Å². The van der Waals surface area contributed by atoms with E-state index < -0.39 is 11.7 Å². The number of carbonyl (C=O) groups is 2. The molecule has 3 N–H and O–H groups in total. The smallest absolute Gasteiger partial charge is 0.251 e. The van der Waals surface area contributed by atoms with Gasteiger partial charge in [0.15, 0.2) is 0 Å². The molecule has 0 fully saturated rings. The molecular weight excluding hydrogens is 379 g/mol. The second kappa shape index (κ2) is 8.96. The molecule has 1 aromatic heterocycles. The maximum atomic E-state index is 13.5. The van der Waals surface area contributed by atoms with Crippen LogP contribution in [0.4, 0.5) is 10.1 Å². The molecule has 9 heteroatoms. The van der Waals surface area contributed by atoms with Crippen molar-refractivity contribution >= 4 is 17.5 Å². The highest BCUT2D eigenvalue weighted by molar-refractivity contribution is 5.96. The fourth-order valence-corrected chi connectivity index (χ4v) is 2.63. The first-order chi connectivity index (χ1) is 14.0. The monoisotopic (exact) mass is 398 g/mol. The van der Waals surface area contributed by atoms with E-state index in [1.165, 1.54) is 12.1 Å². The Kier molecular flexibility index (Phi) is 6.18. The van der Waals surface area contributed by atoms with Gasteiger partial charge in [0.25, 0.3) is 5.91 Å². The molecule has 3 aromatic rings. The first-order valence-electron chi connectivity index (χ1n) is 8.82. The summed E-state index contributed by atoms with van der Waals surface area (Å²) in [5.74, 6) is -0.324. The number of hydrogen-bond donors (Lipinski definition) is 2. The van der Waals surface area contributed by atoms with E-state index in [1.54, 1.807) is 19.2 Å². The van der Waals surface area contributed by atoms with Crippen molar-refractivity contribution in [2.75, 3.05) is 12.4 Å². The highest BCUT2D eigenvalue weighted by Gasteiger charge is 2.12. The number of amides is 2. The molecule has 0 aliphatic carbocycles. The molecule has 0 bridgehead atoms. The van der Waals surface area contributed by atoms with Gasteiger partial charge in [0.05, 0.1) is 12.7 Å². The van der Waals surface area contributed by atoms with Gasteiger partial charge in [-0.15, -0.1) is 0 Å². The lowest BCUT2D eigenvalue weighted by Crippen LogP contribution is -2.15. The summed E-state index contributed by atoms with van der Waals surface area (Å²) in [5, 5.41) is 6.54. The van der Waals surface area contributed by atoms with Crippen molar-refractivity contribution in [1.82, 2.24) is 10.1 Å². The van der Waals surface area contributed by atoms with Crippen LogP contribution in [0.25, 0.3) is 11.4 Å². The number of aromatic nitrogens is 2. The number of nitrogens with zero attached hydrogens (tertiary/aromatic N) is 2. The van der Waals surface area contributed by atoms with Gasteiger partial charge in [0, 0.05) is 24.1 Å². The van der Waals surface area contributed by atoms with E-state index in [1.807, 2.05) is 12.1 Å². The molecule has 0 aliphatic heterocycles. The molecule has 1 heterocycles. The quantitative estimate of drug-likeness (QED) is 0.602. The zero-order valence-corrected chi connectivity index (χ0v) is 15.6. The van der Waals surface area contributed by atoms with E-state index in [9.17, 15) is 14.0 Å². The number of carbonyl (C=O) groups excluding carboxylic acids is 2. The van der Waals surface area contributed by atoms with Gasteiger partial charge in [-0.05, 0) is 48.9 Å². The van der Waals surface area contributed by atoms with Gasteiger partial charge in [-0.1, -0.05) is 5.16 Å². The summed E-state index contributed by atoms with van der Waals surface area (Å²) in [6, 6.07) is 10.9. The highest BCUT2D eigenvalue weighted by atomic mass is 19.1. The molecule has 0 spiro atoms. The third-order valence-corrected chi connectivity index (χ3v) is 4.13. The highest BCUT2D eigenvalue weighted by Crippen LogP contribution is 2.20. The summed E-state index contributed by atoms with van der Waals surface area (Å²) < 4.78 is 23.8. The molecular formula is C20H19FN4O4. The van der Waals surface area contributed by atoms with Gasteiger partial charge in [-0.3, -0.25) is 9.59 Å². The number of anilines is 1. The number of benzene rings is 2. The maximum absolute atomic E-state index is 13.5. The fourth-order valence-electron chi connectivity index (χ4n) is 2.63. The van der Waals surface area contributed by atoms with Crippen LogP contribution in [0.3, 0.4) is 0 Å². The third-order valence-electron chi connectivity index (χ3n) is 4.13. The second-order valence-electron chi connectivity index (χ2n) is 6.20. The largest absolute Gasteiger partial charge is 0.497 e. The number of hydrogen-bond acceptors (Lipinski definition) is 6. The van der Waals surface area contributed by atoms with Crippen molar-refractivity contribution in [3.8, 4) is 17.1 Å². The lowest BCUT2D eigenvalue weighted by atomic mass is 10.1. The van der Waals surface area contributed by atoms with Crippen LogP contribution in [0.2, 0.25) is 0 Å². The number of aryl methyl sites for hydroxylation is 1. The van der Waals surface area contributed by atoms with E-state index >= 15 is 0 Å². The fraction of sp³-hybridized carbons (Fsp3) is 0.200. The minimum Gasteiger partial charge on any atom is -0.497 e. The van der Waals surface area contributed by atoms with Crippen LogP contribution in [0, 0.1) is 5.82 Å². The van der Waals surface area contributed by atoms with Crippen molar-refractivity contribution in [3.05, 3.63) is 59.7 Å². The van der Waals surface area contributed by atoms with Crippen LogP contribution in [-0.2, 0) is 11.2 Å². The van der Waals surface area contributed by atoms with E-state index in [2.05, 4.69) is 15.5 Å². The molecule has 2 aromatic carbocycles. The number of halogens is 1. The first kappa shape index (κ1) is 20.0. The Hall–Kier alpha value is -3.75. The summed E-state index contributed by atoms with van der Waals surface area (Å²) in [5.41, 5.74) is 5.91. The average Bonchev–Trinajstić information content (AvgIpc) is 3.18. The minimum atomic E-state index is -0.900. The standard InChI is InChI=1S/C20H19FN4O4/c1-28-14-8-5-12(6-9-14)20-24-18(29-25-20)4-2-3-17(26)23-13-7-10-16(21)15(11-13)19(22)27/h5-11H,2-4H2,1H3,(H2,22,27)(H,23,26). The SMILES string of the molecule is COc1ccc(-c2noc(CCCC(=O)Nc3ccc(F)c(C(N)=O)c3)n2)cc1.